The summed E-state index contributed by atoms with van der Waals surface area (Å²) < 4.78 is 10.2. The number of hydrogen-bond donors (Lipinski definition) is 1. The van der Waals surface area contributed by atoms with E-state index in [1.54, 1.807) is 6.20 Å². The second-order valence-corrected chi connectivity index (χ2v) is 3.38. The van der Waals surface area contributed by atoms with Crippen molar-refractivity contribution in [3.63, 3.8) is 0 Å². The molecular formula is C11H13N5O2. The molecule has 0 amide bonds. The van der Waals surface area contributed by atoms with E-state index < -0.39 is 0 Å². The lowest BCUT2D eigenvalue weighted by atomic mass is 10.3. The Morgan fingerprint density at radius 3 is 2.72 bits per heavy atom. The SMILES string of the molecule is COc1nc(N)nc(OCCc2ccccn2)n1. The van der Waals surface area contributed by atoms with Gasteiger partial charge < -0.3 is 15.2 Å². The quantitative estimate of drug-likeness (QED) is 0.820. The van der Waals surface area contributed by atoms with E-state index in [0.29, 0.717) is 13.0 Å². The summed E-state index contributed by atoms with van der Waals surface area (Å²) in [6, 6.07) is 5.99. The largest absolute Gasteiger partial charge is 0.467 e. The number of hydrogen-bond acceptors (Lipinski definition) is 7. The van der Waals surface area contributed by atoms with Crippen LogP contribution in [0.5, 0.6) is 12.0 Å². The van der Waals surface area contributed by atoms with Crippen LogP contribution >= 0.6 is 0 Å². The van der Waals surface area contributed by atoms with Gasteiger partial charge in [-0.05, 0) is 12.1 Å². The Bertz CT molecular complexity index is 506. The van der Waals surface area contributed by atoms with E-state index in [1.165, 1.54) is 7.11 Å². The lowest BCUT2D eigenvalue weighted by molar-refractivity contribution is 0.284. The number of pyridine rings is 1. The maximum absolute atomic E-state index is 5.48. The van der Waals surface area contributed by atoms with Gasteiger partial charge in [-0.25, -0.2) is 0 Å². The van der Waals surface area contributed by atoms with Crippen LogP contribution in [0.3, 0.4) is 0 Å². The summed E-state index contributed by atoms with van der Waals surface area (Å²) in [5, 5.41) is 0. The van der Waals surface area contributed by atoms with Gasteiger partial charge in [0.05, 0.1) is 13.7 Å². The zero-order chi connectivity index (χ0) is 12.8. The molecular weight excluding hydrogens is 234 g/mol. The predicted molar refractivity (Wildman–Crippen MR) is 64.2 cm³/mol. The summed E-state index contributed by atoms with van der Waals surface area (Å²) in [5.74, 6) is 0.0645. The van der Waals surface area contributed by atoms with Crippen LogP contribution in [0.25, 0.3) is 0 Å². The fourth-order valence-electron chi connectivity index (χ4n) is 1.30. The number of nitrogens with two attached hydrogens (primary N) is 1. The highest BCUT2D eigenvalue weighted by Crippen LogP contribution is 2.10. The Kier molecular flexibility index (Phi) is 3.85. The van der Waals surface area contributed by atoms with Crippen molar-refractivity contribution in [3.8, 4) is 12.0 Å². The van der Waals surface area contributed by atoms with Crippen molar-refractivity contribution in [1.82, 2.24) is 19.9 Å². The van der Waals surface area contributed by atoms with Crippen LogP contribution in [0.4, 0.5) is 5.95 Å². The summed E-state index contributed by atoms with van der Waals surface area (Å²) >= 11 is 0. The molecule has 0 spiro atoms. The van der Waals surface area contributed by atoms with Crippen LogP contribution < -0.4 is 15.2 Å². The number of nitrogens with zero attached hydrogens (tertiary/aromatic N) is 4. The summed E-state index contributed by atoms with van der Waals surface area (Å²) in [6.45, 7) is 0.406. The minimum absolute atomic E-state index is 0.0645. The second-order valence-electron chi connectivity index (χ2n) is 3.38. The average molecular weight is 247 g/mol. The van der Waals surface area contributed by atoms with E-state index >= 15 is 0 Å². The molecule has 0 fully saturated rings. The van der Waals surface area contributed by atoms with Gasteiger partial charge in [-0.3, -0.25) is 4.98 Å². The smallest absolute Gasteiger partial charge is 0.324 e. The zero-order valence-corrected chi connectivity index (χ0v) is 9.91. The molecule has 0 saturated heterocycles. The first-order valence-electron chi connectivity index (χ1n) is 5.36. The summed E-state index contributed by atoms with van der Waals surface area (Å²) in [5.41, 5.74) is 6.42. The van der Waals surface area contributed by atoms with Gasteiger partial charge in [0.1, 0.15) is 0 Å². The fraction of sp³-hybridized carbons (Fsp3) is 0.273. The topological polar surface area (TPSA) is 96.0 Å². The first-order chi connectivity index (χ1) is 8.78. The lowest BCUT2D eigenvalue weighted by Crippen LogP contribution is -2.08. The zero-order valence-electron chi connectivity index (χ0n) is 9.91. The molecule has 0 aliphatic carbocycles. The van der Waals surface area contributed by atoms with Crippen molar-refractivity contribution in [2.45, 2.75) is 6.42 Å². The maximum atomic E-state index is 5.48. The highest BCUT2D eigenvalue weighted by atomic mass is 16.5. The molecule has 2 aromatic heterocycles. The predicted octanol–water partition coefficient (Wildman–Crippen LogP) is 0.479. The standard InChI is InChI=1S/C11H13N5O2/c1-17-10-14-9(12)15-11(16-10)18-7-5-8-4-2-3-6-13-8/h2-4,6H,5,7H2,1H3,(H2,12,14,15,16). The number of methoxy groups -OCH3 is 1. The highest BCUT2D eigenvalue weighted by Gasteiger charge is 2.05. The van der Waals surface area contributed by atoms with E-state index in [4.69, 9.17) is 15.2 Å². The number of rotatable bonds is 5. The van der Waals surface area contributed by atoms with Crippen molar-refractivity contribution in [3.05, 3.63) is 30.1 Å². The Labute approximate surface area is 104 Å². The Hall–Kier alpha value is -2.44. The van der Waals surface area contributed by atoms with Crippen LogP contribution in [-0.2, 0) is 6.42 Å². The second kappa shape index (κ2) is 5.76. The molecule has 2 heterocycles. The maximum Gasteiger partial charge on any atom is 0.324 e. The molecule has 94 valence electrons. The Morgan fingerprint density at radius 2 is 2.00 bits per heavy atom. The molecule has 0 aromatic carbocycles. The van der Waals surface area contributed by atoms with Crippen LogP contribution in [0.15, 0.2) is 24.4 Å². The molecule has 0 aliphatic heterocycles. The van der Waals surface area contributed by atoms with Gasteiger partial charge in [0, 0.05) is 18.3 Å². The molecule has 0 aliphatic rings. The minimum Gasteiger partial charge on any atom is -0.467 e. The van der Waals surface area contributed by atoms with Gasteiger partial charge in [-0.1, -0.05) is 6.07 Å². The van der Waals surface area contributed by atoms with Gasteiger partial charge in [0.2, 0.25) is 5.95 Å². The number of ether oxygens (including phenoxy) is 2. The molecule has 0 bridgehead atoms. The van der Waals surface area contributed by atoms with Gasteiger partial charge in [0.15, 0.2) is 0 Å². The van der Waals surface area contributed by atoms with Crippen molar-refractivity contribution >= 4 is 5.95 Å². The monoisotopic (exact) mass is 247 g/mol. The fourth-order valence-corrected chi connectivity index (χ4v) is 1.30. The Balaban J connectivity index is 1.92. The molecule has 0 atom stereocenters. The highest BCUT2D eigenvalue weighted by molar-refractivity contribution is 5.20. The summed E-state index contributed by atoms with van der Waals surface area (Å²) in [7, 11) is 1.45. The first kappa shape index (κ1) is 12.0. The summed E-state index contributed by atoms with van der Waals surface area (Å²) in [4.78, 5) is 15.7. The molecule has 2 rings (SSSR count). The van der Waals surface area contributed by atoms with E-state index in [9.17, 15) is 0 Å². The van der Waals surface area contributed by atoms with E-state index in [0.717, 1.165) is 5.69 Å². The Morgan fingerprint density at radius 1 is 1.17 bits per heavy atom. The van der Waals surface area contributed by atoms with Crippen molar-refractivity contribution in [2.24, 2.45) is 0 Å². The van der Waals surface area contributed by atoms with Crippen molar-refractivity contribution < 1.29 is 9.47 Å². The summed E-state index contributed by atoms with van der Waals surface area (Å²) in [6.07, 6.45) is 2.40. The molecule has 7 heteroatoms. The van der Waals surface area contributed by atoms with Crippen molar-refractivity contribution in [2.75, 3.05) is 19.5 Å². The third-order valence-electron chi connectivity index (χ3n) is 2.11. The van der Waals surface area contributed by atoms with Crippen LogP contribution in [0.2, 0.25) is 0 Å². The average Bonchev–Trinajstić information content (AvgIpc) is 2.39. The third-order valence-corrected chi connectivity index (χ3v) is 2.11. The van der Waals surface area contributed by atoms with Crippen molar-refractivity contribution in [1.29, 1.82) is 0 Å². The van der Waals surface area contributed by atoms with E-state index in [1.807, 2.05) is 18.2 Å². The number of anilines is 1. The van der Waals surface area contributed by atoms with Crippen LogP contribution in [0, 0.1) is 0 Å². The van der Waals surface area contributed by atoms with E-state index in [-0.39, 0.29) is 18.0 Å². The minimum atomic E-state index is 0.0645. The lowest BCUT2D eigenvalue weighted by Gasteiger charge is -2.05. The normalized spacial score (nSPS) is 10.1. The molecule has 2 aromatic rings. The third kappa shape index (κ3) is 3.27. The van der Waals surface area contributed by atoms with Gasteiger partial charge in [-0.2, -0.15) is 9.97 Å². The van der Waals surface area contributed by atoms with Crippen LogP contribution in [-0.4, -0.2) is 33.7 Å². The molecule has 18 heavy (non-hydrogen) atoms. The van der Waals surface area contributed by atoms with Gasteiger partial charge in [0.25, 0.3) is 0 Å². The van der Waals surface area contributed by atoms with Gasteiger partial charge >= 0.3 is 12.0 Å². The first-order valence-corrected chi connectivity index (χ1v) is 5.36. The number of nitrogen functional groups attached to an aromatic ring is 1. The molecule has 0 unspecified atom stereocenters. The molecule has 7 nitrogen and oxygen atoms in total. The molecule has 0 saturated carbocycles. The molecule has 2 N–H and O–H groups in total. The van der Waals surface area contributed by atoms with Crippen LogP contribution in [0.1, 0.15) is 5.69 Å². The van der Waals surface area contributed by atoms with Gasteiger partial charge in [-0.15, -0.1) is 4.98 Å². The molecule has 0 radical (unpaired) electrons. The van der Waals surface area contributed by atoms with E-state index in [2.05, 4.69) is 19.9 Å². The number of aromatic nitrogens is 4.